The third-order valence-electron chi connectivity index (χ3n) is 8.37. The Hall–Kier alpha value is -4.79. The van der Waals surface area contributed by atoms with Gasteiger partial charge in [0.1, 0.15) is 0 Å². The highest BCUT2D eigenvalue weighted by Crippen LogP contribution is 2.49. The molecule has 1 nitrogen and oxygen atoms in total. The lowest BCUT2D eigenvalue weighted by Gasteiger charge is -2.21. The van der Waals surface area contributed by atoms with E-state index in [1.54, 1.807) is 0 Å². The van der Waals surface area contributed by atoms with E-state index in [9.17, 15) is 0 Å². The summed E-state index contributed by atoms with van der Waals surface area (Å²) >= 11 is 1.88. The van der Waals surface area contributed by atoms with Gasteiger partial charge in [-0.15, -0.1) is 0 Å². The van der Waals surface area contributed by atoms with Crippen molar-refractivity contribution < 1.29 is 0 Å². The summed E-state index contributed by atoms with van der Waals surface area (Å²) in [5, 5.41) is 7.79. The van der Waals surface area contributed by atoms with Gasteiger partial charge in [-0.3, -0.25) is 0 Å². The van der Waals surface area contributed by atoms with Gasteiger partial charge in [0.2, 0.25) is 0 Å². The summed E-state index contributed by atoms with van der Waals surface area (Å²) in [7, 11) is 0. The number of nitrogens with zero attached hydrogens (tertiary/aromatic N) is 1. The van der Waals surface area contributed by atoms with E-state index in [4.69, 9.17) is 0 Å². The molecular weight excluding hydrogens is 502 g/mol. The maximum Gasteiger partial charge on any atom is 0.0619 e. The summed E-state index contributed by atoms with van der Waals surface area (Å²) in [4.78, 5) is 2.66. The third-order valence-corrected chi connectivity index (χ3v) is 9.51. The highest BCUT2D eigenvalue weighted by atomic mass is 32.2. The molecule has 0 aliphatic carbocycles. The summed E-state index contributed by atoms with van der Waals surface area (Å²) in [6.45, 7) is 0. The summed E-state index contributed by atoms with van der Waals surface area (Å²) in [5.74, 6) is 0. The first-order valence-corrected chi connectivity index (χ1v) is 14.5. The van der Waals surface area contributed by atoms with E-state index in [-0.39, 0.29) is 0 Å². The number of hydrogen-bond donors (Lipinski definition) is 0. The number of benzene rings is 7. The van der Waals surface area contributed by atoms with Gasteiger partial charge in [-0.25, -0.2) is 0 Å². The number of fused-ring (bicyclic) bond motifs is 7. The Morgan fingerprint density at radius 3 is 2.10 bits per heavy atom. The second-order valence-electron chi connectivity index (χ2n) is 10.5. The molecule has 8 aromatic rings. The highest BCUT2D eigenvalue weighted by Gasteiger charge is 2.21. The fourth-order valence-electron chi connectivity index (χ4n) is 6.65. The van der Waals surface area contributed by atoms with Gasteiger partial charge in [-0.05, 0) is 69.4 Å². The molecule has 0 saturated carbocycles. The quantitative estimate of drug-likeness (QED) is 0.217. The minimum absolute atomic E-state index is 1.18. The zero-order valence-corrected chi connectivity index (χ0v) is 22.5. The molecule has 2 heterocycles. The maximum absolute atomic E-state index is 2.43. The van der Waals surface area contributed by atoms with Crippen LogP contribution in [0.2, 0.25) is 0 Å². The van der Waals surface area contributed by atoms with Crippen molar-refractivity contribution in [1.29, 1.82) is 0 Å². The summed E-state index contributed by atoms with van der Waals surface area (Å²) in [6, 6.07) is 51.2. The van der Waals surface area contributed by atoms with Gasteiger partial charge in [-0.1, -0.05) is 115 Å². The molecule has 7 aromatic carbocycles. The van der Waals surface area contributed by atoms with Crippen molar-refractivity contribution >= 4 is 55.1 Å². The van der Waals surface area contributed by atoms with Crippen molar-refractivity contribution in [2.24, 2.45) is 0 Å². The zero-order chi connectivity index (χ0) is 26.2. The molecule has 1 aliphatic rings. The molecule has 0 saturated heterocycles. The van der Waals surface area contributed by atoms with Crippen molar-refractivity contribution in [3.05, 3.63) is 140 Å². The van der Waals surface area contributed by atoms with Gasteiger partial charge in [0, 0.05) is 37.0 Å². The molecule has 1 aromatic heterocycles. The van der Waals surface area contributed by atoms with Crippen LogP contribution in [0.15, 0.2) is 149 Å². The van der Waals surface area contributed by atoms with Crippen molar-refractivity contribution in [3.8, 4) is 27.9 Å². The predicted octanol–water partition coefficient (Wildman–Crippen LogP) is 10.9. The molecule has 0 radical (unpaired) electrons. The third kappa shape index (κ3) is 3.05. The maximum atomic E-state index is 2.43. The van der Waals surface area contributed by atoms with Crippen molar-refractivity contribution in [2.45, 2.75) is 9.79 Å². The molecule has 0 bridgehead atoms. The van der Waals surface area contributed by atoms with Gasteiger partial charge < -0.3 is 4.57 Å². The fraction of sp³-hybridized carbons (Fsp3) is 0. The Balaban J connectivity index is 1.33. The van der Waals surface area contributed by atoms with E-state index < -0.39 is 0 Å². The van der Waals surface area contributed by atoms with Crippen LogP contribution < -0.4 is 0 Å². The molecule has 0 unspecified atom stereocenters. The first kappa shape index (κ1) is 22.1. The minimum atomic E-state index is 1.18. The van der Waals surface area contributed by atoms with Crippen LogP contribution in [0, 0.1) is 0 Å². The number of para-hydroxylation sites is 2. The molecular formula is C38H23NS. The largest absolute Gasteiger partial charge is 0.309 e. The van der Waals surface area contributed by atoms with Crippen LogP contribution in [0.4, 0.5) is 0 Å². The van der Waals surface area contributed by atoms with Crippen molar-refractivity contribution in [3.63, 3.8) is 0 Å². The number of hydrogen-bond acceptors (Lipinski definition) is 1. The molecule has 0 fully saturated rings. The Morgan fingerprint density at radius 2 is 1.18 bits per heavy atom. The van der Waals surface area contributed by atoms with Gasteiger partial charge in [0.05, 0.1) is 11.0 Å². The van der Waals surface area contributed by atoms with E-state index in [1.807, 2.05) is 11.8 Å². The normalized spacial score (nSPS) is 12.4. The van der Waals surface area contributed by atoms with E-state index in [1.165, 1.54) is 81.1 Å². The molecule has 0 atom stereocenters. The van der Waals surface area contributed by atoms with Gasteiger partial charge in [-0.2, -0.15) is 0 Å². The predicted molar refractivity (Wildman–Crippen MR) is 171 cm³/mol. The van der Waals surface area contributed by atoms with Gasteiger partial charge in [0.25, 0.3) is 0 Å². The van der Waals surface area contributed by atoms with Gasteiger partial charge in [0.15, 0.2) is 0 Å². The average molecular weight is 526 g/mol. The lowest BCUT2D eigenvalue weighted by atomic mass is 9.92. The smallest absolute Gasteiger partial charge is 0.0619 e. The molecule has 0 amide bonds. The van der Waals surface area contributed by atoms with Crippen LogP contribution in [-0.2, 0) is 0 Å². The zero-order valence-electron chi connectivity index (χ0n) is 21.6. The second-order valence-corrected chi connectivity index (χ2v) is 11.6. The molecule has 186 valence electrons. The van der Waals surface area contributed by atoms with E-state index in [2.05, 4.69) is 144 Å². The molecule has 0 spiro atoms. The second kappa shape index (κ2) is 8.35. The van der Waals surface area contributed by atoms with E-state index in [0.717, 1.165) is 0 Å². The molecule has 0 N–H and O–H groups in total. The van der Waals surface area contributed by atoms with Crippen LogP contribution in [0.25, 0.3) is 71.3 Å². The van der Waals surface area contributed by atoms with E-state index in [0.29, 0.717) is 0 Å². The van der Waals surface area contributed by atoms with Crippen LogP contribution >= 0.6 is 11.8 Å². The first-order chi connectivity index (χ1) is 19.8. The summed E-state index contributed by atoms with van der Waals surface area (Å²) < 4.78 is 2.43. The number of aromatic nitrogens is 1. The Bertz CT molecular complexity index is 2290. The van der Waals surface area contributed by atoms with Crippen LogP contribution in [-0.4, -0.2) is 4.57 Å². The van der Waals surface area contributed by atoms with Crippen LogP contribution in [0.1, 0.15) is 0 Å². The van der Waals surface area contributed by atoms with Gasteiger partial charge >= 0.3 is 0 Å². The highest BCUT2D eigenvalue weighted by molar-refractivity contribution is 7.99. The summed E-state index contributed by atoms with van der Waals surface area (Å²) in [5.41, 5.74) is 8.85. The fourth-order valence-corrected chi connectivity index (χ4v) is 7.77. The lowest BCUT2D eigenvalue weighted by Crippen LogP contribution is -1.95. The summed E-state index contributed by atoms with van der Waals surface area (Å²) in [6.07, 6.45) is 0. The van der Waals surface area contributed by atoms with Crippen molar-refractivity contribution in [1.82, 2.24) is 4.57 Å². The molecule has 40 heavy (non-hydrogen) atoms. The van der Waals surface area contributed by atoms with Crippen molar-refractivity contribution in [2.75, 3.05) is 0 Å². The molecule has 9 rings (SSSR count). The standard InChI is InChI=1S/C38H23NS/c1-2-11-26(12-3-1)39-34-17-5-4-13-29(34)32-21-20-28-27(14-8-16-31(28)38(32)39)25-19-22-35-33(23-25)30-15-6-9-24-10-7-18-36(40-35)37(24)30/h1-23H. The average Bonchev–Trinajstić information content (AvgIpc) is 3.36. The first-order valence-electron chi connectivity index (χ1n) is 13.7. The Labute approximate surface area is 236 Å². The van der Waals surface area contributed by atoms with E-state index >= 15 is 0 Å². The van der Waals surface area contributed by atoms with Crippen LogP contribution in [0.5, 0.6) is 0 Å². The monoisotopic (exact) mass is 525 g/mol. The SMILES string of the molecule is c1ccc(-n2c3ccccc3c3ccc4c(-c5ccc6c(c5)-c5cccc7cccc(c57)S6)cccc4c32)cc1. The molecule has 2 heteroatoms. The Kier molecular flexibility index (Phi) is 4.61. The van der Waals surface area contributed by atoms with Crippen LogP contribution in [0.3, 0.4) is 0 Å². The topological polar surface area (TPSA) is 4.93 Å². The Morgan fingerprint density at radius 1 is 0.450 bits per heavy atom. The number of rotatable bonds is 2. The minimum Gasteiger partial charge on any atom is -0.309 e. The molecule has 1 aliphatic heterocycles. The lowest BCUT2D eigenvalue weighted by molar-refractivity contribution is 1.19.